The molecule has 18 heavy (non-hydrogen) atoms. The Kier molecular flexibility index (Phi) is 5.21. The lowest BCUT2D eigenvalue weighted by Crippen LogP contribution is -2.16. The molecule has 0 N–H and O–H groups in total. The lowest BCUT2D eigenvalue weighted by atomic mass is 9.86. The quantitative estimate of drug-likeness (QED) is 0.739. The van der Waals surface area contributed by atoms with Crippen LogP contribution in [0.15, 0.2) is 18.2 Å². The van der Waals surface area contributed by atoms with Crippen LogP contribution < -0.4 is 4.74 Å². The number of nitrogens with zero attached hydrogens (tertiary/aromatic N) is 1. The summed E-state index contributed by atoms with van der Waals surface area (Å²) < 4.78 is 5.85. The molecule has 1 aromatic rings. The summed E-state index contributed by atoms with van der Waals surface area (Å²) in [6, 6.07) is 6.53. The van der Waals surface area contributed by atoms with E-state index in [1.807, 2.05) is 0 Å². The molecule has 0 amide bonds. The Labute approximate surface area is 112 Å². The van der Waals surface area contributed by atoms with Crippen molar-refractivity contribution in [3.05, 3.63) is 29.3 Å². The van der Waals surface area contributed by atoms with E-state index < -0.39 is 0 Å². The molecule has 0 aliphatic carbocycles. The Morgan fingerprint density at radius 3 is 2.33 bits per heavy atom. The minimum absolute atomic E-state index is 0.174. The SMILES string of the molecule is Cc1cc(OCCCN(C)C)cc(C(C)(C)C)c1. The molecule has 0 aromatic heterocycles. The van der Waals surface area contributed by atoms with E-state index in [0.29, 0.717) is 0 Å². The molecule has 0 aliphatic rings. The van der Waals surface area contributed by atoms with Gasteiger partial charge in [0.25, 0.3) is 0 Å². The molecule has 102 valence electrons. The average Bonchev–Trinajstić information content (AvgIpc) is 2.22. The van der Waals surface area contributed by atoms with Crippen LogP contribution in [0.1, 0.15) is 38.3 Å². The summed E-state index contributed by atoms with van der Waals surface area (Å²) in [5.74, 6) is 0.999. The highest BCUT2D eigenvalue weighted by atomic mass is 16.5. The number of benzene rings is 1. The van der Waals surface area contributed by atoms with Crippen molar-refractivity contribution in [2.24, 2.45) is 0 Å². The van der Waals surface area contributed by atoms with Crippen LogP contribution in [-0.2, 0) is 5.41 Å². The van der Waals surface area contributed by atoms with Crippen LogP contribution in [0.3, 0.4) is 0 Å². The molecule has 0 bridgehead atoms. The Hall–Kier alpha value is -1.02. The highest BCUT2D eigenvalue weighted by Gasteiger charge is 2.14. The Morgan fingerprint density at radius 2 is 1.78 bits per heavy atom. The van der Waals surface area contributed by atoms with Crippen LogP contribution in [0.4, 0.5) is 0 Å². The van der Waals surface area contributed by atoms with Gasteiger partial charge in [-0.25, -0.2) is 0 Å². The lowest BCUT2D eigenvalue weighted by molar-refractivity contribution is 0.281. The van der Waals surface area contributed by atoms with Crippen molar-refractivity contribution in [3.8, 4) is 5.75 Å². The van der Waals surface area contributed by atoms with Gasteiger partial charge in [-0.3, -0.25) is 0 Å². The summed E-state index contributed by atoms with van der Waals surface area (Å²) in [5, 5.41) is 0. The summed E-state index contributed by atoms with van der Waals surface area (Å²) in [7, 11) is 4.18. The fourth-order valence-electron chi connectivity index (χ4n) is 1.84. The third-order valence-electron chi connectivity index (χ3n) is 2.94. The normalized spacial score (nSPS) is 11.9. The largest absolute Gasteiger partial charge is 0.494 e. The van der Waals surface area contributed by atoms with Crippen molar-refractivity contribution < 1.29 is 4.74 Å². The van der Waals surface area contributed by atoms with E-state index in [4.69, 9.17) is 4.74 Å². The van der Waals surface area contributed by atoms with Crippen molar-refractivity contribution in [2.45, 2.75) is 39.5 Å². The van der Waals surface area contributed by atoms with Crippen LogP contribution in [0.2, 0.25) is 0 Å². The summed E-state index contributed by atoms with van der Waals surface area (Å²) in [6.07, 6.45) is 1.06. The molecular formula is C16H27NO. The molecule has 2 heteroatoms. The smallest absolute Gasteiger partial charge is 0.119 e. The van der Waals surface area contributed by atoms with E-state index in [2.05, 4.69) is 64.9 Å². The fourth-order valence-corrected chi connectivity index (χ4v) is 1.84. The average molecular weight is 249 g/mol. The second-order valence-corrected chi connectivity index (χ2v) is 6.29. The van der Waals surface area contributed by atoms with Gasteiger partial charge in [0, 0.05) is 6.54 Å². The zero-order valence-corrected chi connectivity index (χ0v) is 12.7. The monoisotopic (exact) mass is 249 g/mol. The number of aryl methyl sites for hydroxylation is 1. The van der Waals surface area contributed by atoms with Crippen LogP contribution in [0.5, 0.6) is 5.75 Å². The third-order valence-corrected chi connectivity index (χ3v) is 2.94. The van der Waals surface area contributed by atoms with E-state index in [9.17, 15) is 0 Å². The number of ether oxygens (including phenoxy) is 1. The molecule has 0 spiro atoms. The van der Waals surface area contributed by atoms with Gasteiger partial charge >= 0.3 is 0 Å². The predicted molar refractivity (Wildman–Crippen MR) is 78.5 cm³/mol. The molecule has 0 heterocycles. The molecule has 0 saturated carbocycles. The van der Waals surface area contributed by atoms with Crippen molar-refractivity contribution in [1.82, 2.24) is 4.90 Å². The van der Waals surface area contributed by atoms with E-state index in [1.54, 1.807) is 0 Å². The molecule has 0 fully saturated rings. The van der Waals surface area contributed by atoms with E-state index in [-0.39, 0.29) is 5.41 Å². The van der Waals surface area contributed by atoms with Gasteiger partial charge in [0.05, 0.1) is 6.61 Å². The molecule has 0 saturated heterocycles. The summed E-state index contributed by atoms with van der Waals surface area (Å²) >= 11 is 0. The van der Waals surface area contributed by atoms with Crippen molar-refractivity contribution in [3.63, 3.8) is 0 Å². The van der Waals surface area contributed by atoms with Gasteiger partial charge in [-0.1, -0.05) is 26.8 Å². The fraction of sp³-hybridized carbons (Fsp3) is 0.625. The highest BCUT2D eigenvalue weighted by Crippen LogP contribution is 2.27. The van der Waals surface area contributed by atoms with Crippen molar-refractivity contribution in [2.75, 3.05) is 27.2 Å². The van der Waals surface area contributed by atoms with Crippen molar-refractivity contribution in [1.29, 1.82) is 0 Å². The second-order valence-electron chi connectivity index (χ2n) is 6.29. The molecule has 1 aromatic carbocycles. The van der Waals surface area contributed by atoms with Gasteiger partial charge < -0.3 is 9.64 Å². The van der Waals surface area contributed by atoms with Gasteiger partial charge in [-0.05, 0) is 56.1 Å². The van der Waals surface area contributed by atoms with Gasteiger partial charge in [0.1, 0.15) is 5.75 Å². The van der Waals surface area contributed by atoms with Gasteiger partial charge in [0.2, 0.25) is 0 Å². The molecule has 1 rings (SSSR count). The maximum Gasteiger partial charge on any atom is 0.119 e. The zero-order valence-electron chi connectivity index (χ0n) is 12.7. The zero-order chi connectivity index (χ0) is 13.8. The summed E-state index contributed by atoms with van der Waals surface area (Å²) in [4.78, 5) is 2.18. The van der Waals surface area contributed by atoms with Crippen LogP contribution in [0, 0.1) is 6.92 Å². The van der Waals surface area contributed by atoms with Crippen LogP contribution >= 0.6 is 0 Å². The summed E-state index contributed by atoms with van der Waals surface area (Å²) in [5.41, 5.74) is 2.78. The Bertz CT molecular complexity index is 377. The standard InChI is InChI=1S/C16H27NO/c1-13-10-14(16(2,3)4)12-15(11-13)18-9-7-8-17(5)6/h10-12H,7-9H2,1-6H3. The molecule has 0 aliphatic heterocycles. The molecule has 0 atom stereocenters. The van der Waals surface area contributed by atoms with Crippen molar-refractivity contribution >= 4 is 0 Å². The molecule has 0 unspecified atom stereocenters. The van der Waals surface area contributed by atoms with E-state index in [1.165, 1.54) is 11.1 Å². The maximum atomic E-state index is 5.85. The van der Waals surface area contributed by atoms with Crippen LogP contribution in [0.25, 0.3) is 0 Å². The van der Waals surface area contributed by atoms with Gasteiger partial charge in [-0.2, -0.15) is 0 Å². The predicted octanol–water partition coefficient (Wildman–Crippen LogP) is 3.62. The molecular weight excluding hydrogens is 222 g/mol. The van der Waals surface area contributed by atoms with Gasteiger partial charge in [0.15, 0.2) is 0 Å². The first-order chi connectivity index (χ1) is 8.29. The summed E-state index contributed by atoms with van der Waals surface area (Å²) in [6.45, 7) is 10.7. The minimum atomic E-state index is 0.174. The minimum Gasteiger partial charge on any atom is -0.494 e. The first-order valence-corrected chi connectivity index (χ1v) is 6.69. The second kappa shape index (κ2) is 6.24. The van der Waals surface area contributed by atoms with E-state index in [0.717, 1.165) is 25.3 Å². The lowest BCUT2D eigenvalue weighted by Gasteiger charge is -2.21. The Balaban J connectivity index is 2.63. The Morgan fingerprint density at radius 1 is 1.11 bits per heavy atom. The maximum absolute atomic E-state index is 5.85. The first-order valence-electron chi connectivity index (χ1n) is 6.69. The number of hydrogen-bond donors (Lipinski definition) is 0. The van der Waals surface area contributed by atoms with E-state index >= 15 is 0 Å². The molecule has 2 nitrogen and oxygen atoms in total. The topological polar surface area (TPSA) is 12.5 Å². The highest BCUT2D eigenvalue weighted by molar-refractivity contribution is 5.37. The van der Waals surface area contributed by atoms with Gasteiger partial charge in [-0.15, -0.1) is 0 Å². The van der Waals surface area contributed by atoms with Crippen LogP contribution in [-0.4, -0.2) is 32.1 Å². The first kappa shape index (κ1) is 15.0. The number of hydrogen-bond acceptors (Lipinski definition) is 2. The molecule has 0 radical (unpaired) electrons. The third kappa shape index (κ3) is 5.09. The number of rotatable bonds is 5.